The van der Waals surface area contributed by atoms with E-state index >= 15 is 0 Å². The van der Waals surface area contributed by atoms with Gasteiger partial charge in [-0.2, -0.15) is 0 Å². The lowest BCUT2D eigenvalue weighted by Gasteiger charge is -2.12. The summed E-state index contributed by atoms with van der Waals surface area (Å²) in [6.45, 7) is 9.30. The quantitative estimate of drug-likeness (QED) is 0.686. The second kappa shape index (κ2) is 8.75. The molecule has 0 aliphatic heterocycles. The maximum Gasteiger partial charge on any atom is 0.168 e. The van der Waals surface area contributed by atoms with Crippen molar-refractivity contribution in [3.8, 4) is 5.75 Å². The van der Waals surface area contributed by atoms with Gasteiger partial charge in [-0.15, -0.1) is 0 Å². The third kappa shape index (κ3) is 5.87. The van der Waals surface area contributed by atoms with E-state index in [1.165, 1.54) is 0 Å². The first-order valence-corrected chi connectivity index (χ1v) is 6.63. The lowest BCUT2D eigenvalue weighted by Crippen LogP contribution is -2.13. The van der Waals surface area contributed by atoms with E-state index in [4.69, 9.17) is 9.47 Å². The number of hydrogen-bond donors (Lipinski definition) is 1. The highest BCUT2D eigenvalue weighted by Crippen LogP contribution is 2.20. The Hall–Kier alpha value is -1.29. The minimum absolute atomic E-state index is 0.572. The number of rotatable bonds is 9. The van der Waals surface area contributed by atoms with Gasteiger partial charge in [-0.25, -0.2) is 4.98 Å². The van der Waals surface area contributed by atoms with Gasteiger partial charge in [0.15, 0.2) is 11.6 Å². The molecular weight excluding hydrogens is 228 g/mol. The molecule has 1 rings (SSSR count). The number of pyridine rings is 1. The van der Waals surface area contributed by atoms with Crippen molar-refractivity contribution >= 4 is 5.82 Å². The molecule has 1 aromatic rings. The Labute approximate surface area is 110 Å². The average molecular weight is 252 g/mol. The van der Waals surface area contributed by atoms with Crippen molar-refractivity contribution in [2.45, 2.75) is 27.2 Å². The number of hydrogen-bond acceptors (Lipinski definition) is 4. The zero-order valence-electron chi connectivity index (χ0n) is 11.6. The normalized spacial score (nSPS) is 10.7. The number of nitrogens with one attached hydrogen (secondary N) is 1. The molecule has 0 unspecified atom stereocenters. The standard InChI is InChI=1S/C14H24N2O2/c1-4-9-18-13-6-5-7-15-14(13)16-8-10-17-11-12(2)3/h5-7,12H,4,8-11H2,1-3H3,(H,15,16). The molecule has 0 radical (unpaired) electrons. The van der Waals surface area contributed by atoms with Gasteiger partial charge in [-0.1, -0.05) is 20.8 Å². The molecule has 0 aromatic carbocycles. The molecule has 102 valence electrons. The van der Waals surface area contributed by atoms with Crippen LogP contribution in [-0.4, -0.2) is 31.3 Å². The van der Waals surface area contributed by atoms with Gasteiger partial charge in [0.05, 0.1) is 13.2 Å². The summed E-state index contributed by atoms with van der Waals surface area (Å²) < 4.78 is 11.1. The Bertz CT molecular complexity index is 329. The van der Waals surface area contributed by atoms with Crippen LogP contribution in [0.3, 0.4) is 0 Å². The summed E-state index contributed by atoms with van der Waals surface area (Å²) in [7, 11) is 0. The van der Waals surface area contributed by atoms with Crippen LogP contribution in [0.25, 0.3) is 0 Å². The lowest BCUT2D eigenvalue weighted by atomic mass is 10.2. The molecule has 0 saturated heterocycles. The maximum absolute atomic E-state index is 5.62. The molecule has 4 heteroatoms. The van der Waals surface area contributed by atoms with Crippen LogP contribution in [0.4, 0.5) is 5.82 Å². The highest BCUT2D eigenvalue weighted by Gasteiger charge is 2.03. The van der Waals surface area contributed by atoms with Crippen LogP contribution in [0, 0.1) is 5.92 Å². The summed E-state index contributed by atoms with van der Waals surface area (Å²) in [4.78, 5) is 4.27. The topological polar surface area (TPSA) is 43.4 Å². The lowest BCUT2D eigenvalue weighted by molar-refractivity contribution is 0.118. The Morgan fingerprint density at radius 3 is 2.89 bits per heavy atom. The number of anilines is 1. The Morgan fingerprint density at radius 1 is 1.33 bits per heavy atom. The molecule has 0 saturated carbocycles. The van der Waals surface area contributed by atoms with Gasteiger partial charge in [0, 0.05) is 19.3 Å². The van der Waals surface area contributed by atoms with E-state index in [1.807, 2.05) is 12.1 Å². The molecule has 0 spiro atoms. The summed E-state index contributed by atoms with van der Waals surface area (Å²) in [5.74, 6) is 2.17. The predicted octanol–water partition coefficient (Wildman–Crippen LogP) is 2.95. The van der Waals surface area contributed by atoms with Gasteiger partial charge in [0.2, 0.25) is 0 Å². The Kier molecular flexibility index (Phi) is 7.18. The molecule has 0 aliphatic rings. The van der Waals surface area contributed by atoms with Crippen LogP contribution in [0.2, 0.25) is 0 Å². The van der Waals surface area contributed by atoms with E-state index in [2.05, 4.69) is 31.1 Å². The van der Waals surface area contributed by atoms with Crippen molar-refractivity contribution in [1.29, 1.82) is 0 Å². The fourth-order valence-electron chi connectivity index (χ4n) is 1.41. The maximum atomic E-state index is 5.62. The Balaban J connectivity index is 2.32. The second-order valence-corrected chi connectivity index (χ2v) is 4.59. The molecule has 0 bridgehead atoms. The molecular formula is C14H24N2O2. The van der Waals surface area contributed by atoms with Crippen molar-refractivity contribution in [1.82, 2.24) is 4.98 Å². The largest absolute Gasteiger partial charge is 0.490 e. The van der Waals surface area contributed by atoms with Crippen molar-refractivity contribution < 1.29 is 9.47 Å². The van der Waals surface area contributed by atoms with Crippen molar-refractivity contribution in [3.63, 3.8) is 0 Å². The van der Waals surface area contributed by atoms with Crippen molar-refractivity contribution in [2.75, 3.05) is 31.7 Å². The zero-order valence-corrected chi connectivity index (χ0v) is 11.6. The van der Waals surface area contributed by atoms with Crippen LogP contribution in [0.5, 0.6) is 5.75 Å². The molecule has 0 aliphatic carbocycles. The van der Waals surface area contributed by atoms with E-state index < -0.39 is 0 Å². The Morgan fingerprint density at radius 2 is 2.17 bits per heavy atom. The van der Waals surface area contributed by atoms with Gasteiger partial charge < -0.3 is 14.8 Å². The fraction of sp³-hybridized carbons (Fsp3) is 0.643. The molecule has 0 amide bonds. The van der Waals surface area contributed by atoms with Crippen molar-refractivity contribution in [3.05, 3.63) is 18.3 Å². The highest BCUT2D eigenvalue weighted by atomic mass is 16.5. The van der Waals surface area contributed by atoms with Gasteiger partial charge in [0.1, 0.15) is 0 Å². The molecule has 0 fully saturated rings. The third-order valence-corrected chi connectivity index (χ3v) is 2.22. The summed E-state index contributed by atoms with van der Waals surface area (Å²) in [6, 6.07) is 3.81. The van der Waals surface area contributed by atoms with Crippen LogP contribution < -0.4 is 10.1 Å². The first kappa shape index (κ1) is 14.8. The zero-order chi connectivity index (χ0) is 13.2. The minimum Gasteiger partial charge on any atom is -0.490 e. The van der Waals surface area contributed by atoms with Crippen LogP contribution in [0.1, 0.15) is 27.2 Å². The van der Waals surface area contributed by atoms with E-state index in [1.54, 1.807) is 6.20 Å². The number of nitrogens with zero attached hydrogens (tertiary/aromatic N) is 1. The number of ether oxygens (including phenoxy) is 2. The van der Waals surface area contributed by atoms with Gasteiger partial charge >= 0.3 is 0 Å². The van der Waals surface area contributed by atoms with E-state index in [0.717, 1.165) is 31.1 Å². The van der Waals surface area contributed by atoms with Gasteiger partial charge in [0.25, 0.3) is 0 Å². The molecule has 1 N–H and O–H groups in total. The predicted molar refractivity (Wildman–Crippen MR) is 74.2 cm³/mol. The van der Waals surface area contributed by atoms with E-state index in [0.29, 0.717) is 19.1 Å². The smallest absolute Gasteiger partial charge is 0.168 e. The summed E-state index contributed by atoms with van der Waals surface area (Å²) in [5, 5.41) is 3.23. The van der Waals surface area contributed by atoms with Crippen molar-refractivity contribution in [2.24, 2.45) is 5.92 Å². The van der Waals surface area contributed by atoms with E-state index in [9.17, 15) is 0 Å². The monoisotopic (exact) mass is 252 g/mol. The molecule has 18 heavy (non-hydrogen) atoms. The fourth-order valence-corrected chi connectivity index (χ4v) is 1.41. The van der Waals surface area contributed by atoms with Gasteiger partial charge in [-0.05, 0) is 24.5 Å². The summed E-state index contributed by atoms with van der Waals surface area (Å²) in [6.07, 6.45) is 2.75. The van der Waals surface area contributed by atoms with E-state index in [-0.39, 0.29) is 0 Å². The summed E-state index contributed by atoms with van der Waals surface area (Å²) in [5.41, 5.74) is 0. The first-order chi connectivity index (χ1) is 8.74. The van der Waals surface area contributed by atoms with Crippen LogP contribution in [0.15, 0.2) is 18.3 Å². The second-order valence-electron chi connectivity index (χ2n) is 4.59. The SMILES string of the molecule is CCCOc1cccnc1NCCOCC(C)C. The van der Waals surface area contributed by atoms with Crippen LogP contribution >= 0.6 is 0 Å². The third-order valence-electron chi connectivity index (χ3n) is 2.22. The molecule has 4 nitrogen and oxygen atoms in total. The minimum atomic E-state index is 0.572. The molecule has 1 heterocycles. The molecule has 0 atom stereocenters. The highest BCUT2D eigenvalue weighted by molar-refractivity contribution is 5.49. The van der Waals surface area contributed by atoms with Crippen LogP contribution in [-0.2, 0) is 4.74 Å². The molecule has 1 aromatic heterocycles. The number of aromatic nitrogens is 1. The average Bonchev–Trinajstić information content (AvgIpc) is 2.36. The summed E-state index contributed by atoms with van der Waals surface area (Å²) >= 11 is 0. The van der Waals surface area contributed by atoms with Gasteiger partial charge in [-0.3, -0.25) is 0 Å². The first-order valence-electron chi connectivity index (χ1n) is 6.63.